The highest BCUT2D eigenvalue weighted by Crippen LogP contribution is 2.45. The second kappa shape index (κ2) is 8.77. The zero-order valence-corrected chi connectivity index (χ0v) is 20.8. The summed E-state index contributed by atoms with van der Waals surface area (Å²) in [4.78, 5) is 40.9. The molecule has 1 aromatic carbocycles. The van der Waals surface area contributed by atoms with Crippen molar-refractivity contribution in [2.24, 2.45) is 0 Å². The summed E-state index contributed by atoms with van der Waals surface area (Å²) in [6.45, 7) is 0. The van der Waals surface area contributed by atoms with Crippen LogP contribution in [-0.2, 0) is 9.84 Å². The number of fused-ring (bicyclic) bond motifs is 2. The van der Waals surface area contributed by atoms with Crippen LogP contribution in [-0.4, -0.2) is 46.9 Å². The molecule has 1 aliphatic heterocycles. The van der Waals surface area contributed by atoms with Crippen molar-refractivity contribution >= 4 is 38.6 Å². The smallest absolute Gasteiger partial charge is 0.267 e. The first-order valence-electron chi connectivity index (χ1n) is 12.0. The fourth-order valence-corrected chi connectivity index (χ4v) is 6.77. The lowest BCUT2D eigenvalue weighted by atomic mass is 9.95. The summed E-state index contributed by atoms with van der Waals surface area (Å²) in [5, 5.41) is 0. The second-order valence-corrected chi connectivity index (χ2v) is 11.0. The van der Waals surface area contributed by atoms with Crippen molar-refractivity contribution in [3.8, 4) is 5.88 Å². The topological polar surface area (TPSA) is 124 Å². The van der Waals surface area contributed by atoms with E-state index in [9.17, 15) is 18.0 Å². The first-order chi connectivity index (χ1) is 17.9. The summed E-state index contributed by atoms with van der Waals surface area (Å²) in [5.41, 5.74) is 0.878. The van der Waals surface area contributed by atoms with E-state index in [0.29, 0.717) is 5.65 Å². The molecule has 6 rings (SSSR count). The molecular weight excluding hydrogens is 494 g/mol. The molecule has 4 heterocycles. The van der Waals surface area contributed by atoms with Gasteiger partial charge in [-0.15, -0.1) is 0 Å². The lowest BCUT2D eigenvalue weighted by molar-refractivity contribution is 0.0922. The van der Waals surface area contributed by atoms with Crippen LogP contribution in [0.15, 0.2) is 64.8 Å². The minimum absolute atomic E-state index is 0.0184. The van der Waals surface area contributed by atoms with Gasteiger partial charge < -0.3 is 9.30 Å². The first-order valence-corrected chi connectivity index (χ1v) is 13.5. The average molecular weight is 518 g/mol. The minimum atomic E-state index is -4.30. The summed E-state index contributed by atoms with van der Waals surface area (Å²) in [6.07, 6.45) is 8.56. The molecule has 4 aromatic rings. The largest absolute Gasteiger partial charge is 0.481 e. The predicted molar refractivity (Wildman–Crippen MR) is 133 cm³/mol. The Bertz CT molecular complexity index is 1620. The predicted octanol–water partition coefficient (Wildman–Crippen LogP) is 3.97. The fraction of sp³-hybridized carbons (Fsp3) is 0.269. The van der Waals surface area contributed by atoms with E-state index >= 15 is 0 Å². The number of aromatic nitrogens is 4. The molecule has 11 heteroatoms. The van der Waals surface area contributed by atoms with Gasteiger partial charge in [-0.3, -0.25) is 9.59 Å². The average Bonchev–Trinajstić information content (AvgIpc) is 3.41. The van der Waals surface area contributed by atoms with E-state index in [-0.39, 0.29) is 44.2 Å². The van der Waals surface area contributed by atoms with Crippen LogP contribution in [0.25, 0.3) is 11.2 Å². The van der Waals surface area contributed by atoms with Gasteiger partial charge in [-0.05, 0) is 31.0 Å². The Hall–Kier alpha value is -4.12. The van der Waals surface area contributed by atoms with Crippen molar-refractivity contribution in [2.75, 3.05) is 12.0 Å². The zero-order chi connectivity index (χ0) is 25.7. The summed E-state index contributed by atoms with van der Waals surface area (Å²) in [6, 6.07) is 9.17. The molecule has 0 unspecified atom stereocenters. The Morgan fingerprint density at radius 3 is 2.19 bits per heavy atom. The van der Waals surface area contributed by atoms with Crippen molar-refractivity contribution in [2.45, 2.75) is 47.9 Å². The Balaban J connectivity index is 1.67. The van der Waals surface area contributed by atoms with Crippen LogP contribution >= 0.6 is 0 Å². The number of hydrogen-bond donors (Lipinski definition) is 0. The zero-order valence-electron chi connectivity index (χ0n) is 20.0. The summed E-state index contributed by atoms with van der Waals surface area (Å²) < 4.78 is 35.2. The molecule has 0 spiro atoms. The number of sulfone groups is 1. The highest BCUT2D eigenvalue weighted by atomic mass is 32.2. The molecule has 1 fully saturated rings. The number of methoxy groups -OCH3 is 1. The molecule has 37 heavy (non-hydrogen) atoms. The van der Waals surface area contributed by atoms with Crippen LogP contribution in [0.1, 0.15) is 58.9 Å². The summed E-state index contributed by atoms with van der Waals surface area (Å²) >= 11 is 0. The number of imide groups is 1. The van der Waals surface area contributed by atoms with Crippen molar-refractivity contribution in [3.05, 3.63) is 66.1 Å². The highest BCUT2D eigenvalue weighted by Gasteiger charge is 2.44. The number of rotatable bonds is 5. The third kappa shape index (κ3) is 3.52. The Labute approximate surface area is 212 Å². The van der Waals surface area contributed by atoms with Crippen molar-refractivity contribution in [3.63, 3.8) is 0 Å². The number of ether oxygens (including phenoxy) is 1. The van der Waals surface area contributed by atoms with E-state index < -0.39 is 21.7 Å². The number of anilines is 1. The fourth-order valence-electron chi connectivity index (χ4n) is 5.27. The maximum Gasteiger partial charge on any atom is 0.267 e. The van der Waals surface area contributed by atoms with Gasteiger partial charge in [0.05, 0.1) is 23.1 Å². The van der Waals surface area contributed by atoms with Crippen molar-refractivity contribution in [1.82, 2.24) is 19.5 Å². The number of pyridine rings is 1. The lowest BCUT2D eigenvalue weighted by Gasteiger charge is -2.28. The van der Waals surface area contributed by atoms with Crippen molar-refractivity contribution < 1.29 is 22.7 Å². The van der Waals surface area contributed by atoms with Gasteiger partial charge in [0, 0.05) is 30.7 Å². The van der Waals surface area contributed by atoms with Crippen LogP contribution in [0.5, 0.6) is 5.88 Å². The van der Waals surface area contributed by atoms with Crippen LogP contribution in [0.2, 0.25) is 0 Å². The molecule has 1 aliphatic carbocycles. The summed E-state index contributed by atoms with van der Waals surface area (Å²) in [5.74, 6) is -0.923. The van der Waals surface area contributed by atoms with Gasteiger partial charge in [-0.2, -0.15) is 0 Å². The SMILES string of the molecule is COc1ccc(S(=O)(=O)c2c(N3C(=O)c4ccccc4C3=O)n(C3CCCCC3)c3nccnc23)cn1. The molecule has 0 N–H and O–H groups in total. The minimum Gasteiger partial charge on any atom is -0.481 e. The highest BCUT2D eigenvalue weighted by molar-refractivity contribution is 7.92. The van der Waals surface area contributed by atoms with Gasteiger partial charge in [-0.25, -0.2) is 28.3 Å². The summed E-state index contributed by atoms with van der Waals surface area (Å²) in [7, 11) is -2.86. The van der Waals surface area contributed by atoms with Gasteiger partial charge in [0.2, 0.25) is 15.7 Å². The van der Waals surface area contributed by atoms with Gasteiger partial charge >= 0.3 is 0 Å². The first kappa shape index (κ1) is 23.3. The van der Waals surface area contributed by atoms with Crippen LogP contribution < -0.4 is 9.64 Å². The van der Waals surface area contributed by atoms with Gasteiger partial charge in [-0.1, -0.05) is 31.4 Å². The lowest BCUT2D eigenvalue weighted by Crippen LogP contribution is -2.33. The van der Waals surface area contributed by atoms with Crippen LogP contribution in [0.3, 0.4) is 0 Å². The molecule has 0 atom stereocenters. The molecular formula is C26H23N5O5S. The third-order valence-corrected chi connectivity index (χ3v) is 8.77. The quantitative estimate of drug-likeness (QED) is 0.364. The number of benzene rings is 1. The second-order valence-electron chi connectivity index (χ2n) is 9.07. The Morgan fingerprint density at radius 1 is 0.892 bits per heavy atom. The molecule has 0 radical (unpaired) electrons. The molecule has 0 bridgehead atoms. The van der Waals surface area contributed by atoms with E-state index in [2.05, 4.69) is 15.0 Å². The molecule has 1 saturated carbocycles. The van der Waals surface area contributed by atoms with Crippen LogP contribution in [0, 0.1) is 0 Å². The molecule has 10 nitrogen and oxygen atoms in total. The van der Waals surface area contributed by atoms with E-state index in [4.69, 9.17) is 4.74 Å². The third-order valence-electron chi connectivity index (χ3n) is 7.00. The molecule has 0 saturated heterocycles. The van der Waals surface area contributed by atoms with Gasteiger partial charge in [0.25, 0.3) is 11.8 Å². The van der Waals surface area contributed by atoms with E-state index in [0.717, 1.165) is 37.0 Å². The number of hydrogen-bond acceptors (Lipinski definition) is 8. The standard InChI is InChI=1S/C26H23N5O5S/c1-36-20-12-11-17(15-29-20)37(34,35)22-21-23(28-14-13-27-21)30(16-7-3-2-4-8-16)24(22)31-25(32)18-9-5-6-10-19(18)26(31)33/h5-6,9-16H,2-4,7-8H2,1H3. The molecule has 2 amide bonds. The van der Waals surface area contributed by atoms with Crippen LogP contribution in [0.4, 0.5) is 5.82 Å². The van der Waals surface area contributed by atoms with E-state index in [1.807, 2.05) is 0 Å². The number of carbonyl (C=O) groups is 2. The van der Waals surface area contributed by atoms with Gasteiger partial charge in [0.1, 0.15) is 16.2 Å². The maximum atomic E-state index is 14.2. The maximum absolute atomic E-state index is 14.2. The molecule has 188 valence electrons. The number of amides is 2. The Kier molecular flexibility index (Phi) is 5.52. The monoisotopic (exact) mass is 517 g/mol. The number of nitrogens with zero attached hydrogens (tertiary/aromatic N) is 5. The van der Waals surface area contributed by atoms with E-state index in [1.165, 1.54) is 37.8 Å². The molecule has 3 aromatic heterocycles. The number of carbonyl (C=O) groups excluding carboxylic acids is 2. The van der Waals surface area contributed by atoms with Gasteiger partial charge in [0.15, 0.2) is 5.65 Å². The normalized spacial score (nSPS) is 16.4. The van der Waals surface area contributed by atoms with Crippen molar-refractivity contribution in [1.29, 1.82) is 0 Å². The molecule has 2 aliphatic rings. The van der Waals surface area contributed by atoms with E-state index in [1.54, 1.807) is 28.8 Å². The Morgan fingerprint density at radius 2 is 1.57 bits per heavy atom.